The highest BCUT2D eigenvalue weighted by Gasteiger charge is 2.17. The fourth-order valence-corrected chi connectivity index (χ4v) is 2.88. The zero-order valence-electron chi connectivity index (χ0n) is 11.0. The van der Waals surface area contributed by atoms with Crippen LogP contribution in [-0.4, -0.2) is 21.9 Å². The number of hydrogen-bond donors (Lipinski definition) is 2. The van der Waals surface area contributed by atoms with E-state index in [0.717, 1.165) is 32.0 Å². The predicted octanol–water partition coefficient (Wildman–Crippen LogP) is 3.26. The number of nitrogens with two attached hydrogens (primary N) is 1. The van der Waals surface area contributed by atoms with Gasteiger partial charge in [-0.1, -0.05) is 6.07 Å². The summed E-state index contributed by atoms with van der Waals surface area (Å²) < 4.78 is 2.81. The lowest BCUT2D eigenvalue weighted by Crippen LogP contribution is -2.17. The van der Waals surface area contributed by atoms with Crippen molar-refractivity contribution < 1.29 is 0 Å². The zero-order chi connectivity index (χ0) is 14.2. The number of thioether (sulfide) groups is 1. The number of nitrogen functional groups attached to an aromatic ring is 1. The maximum Gasteiger partial charge on any atom is 0.126 e. The number of hydrogen-bond acceptors (Lipinski definition) is 3. The molecule has 4 nitrogen and oxygen atoms in total. The molecule has 0 unspecified atom stereocenters. The SMILES string of the molecule is CSc1cccc(-n2nc(C)c(Br)c2C)c1C(=N)N. The summed E-state index contributed by atoms with van der Waals surface area (Å²) in [5.74, 6) is 0.0589. The van der Waals surface area contributed by atoms with Crippen molar-refractivity contribution in [2.75, 3.05) is 6.26 Å². The van der Waals surface area contributed by atoms with E-state index >= 15 is 0 Å². The van der Waals surface area contributed by atoms with E-state index in [1.165, 1.54) is 0 Å². The first-order chi connectivity index (χ1) is 8.97. The second-order valence-corrected chi connectivity index (χ2v) is 5.81. The van der Waals surface area contributed by atoms with Gasteiger partial charge >= 0.3 is 0 Å². The van der Waals surface area contributed by atoms with Gasteiger partial charge in [-0.05, 0) is 48.2 Å². The van der Waals surface area contributed by atoms with Gasteiger partial charge in [0.1, 0.15) is 5.84 Å². The van der Waals surface area contributed by atoms with Gasteiger partial charge in [-0.2, -0.15) is 5.10 Å². The van der Waals surface area contributed by atoms with Crippen LogP contribution in [0.3, 0.4) is 0 Å². The molecule has 0 aliphatic heterocycles. The van der Waals surface area contributed by atoms with E-state index in [4.69, 9.17) is 11.1 Å². The van der Waals surface area contributed by atoms with Crippen LogP contribution < -0.4 is 5.73 Å². The van der Waals surface area contributed by atoms with Crippen LogP contribution in [0.5, 0.6) is 0 Å². The number of amidine groups is 1. The Labute approximate surface area is 125 Å². The summed E-state index contributed by atoms with van der Waals surface area (Å²) in [6, 6.07) is 5.85. The first-order valence-corrected chi connectivity index (χ1v) is 7.72. The van der Waals surface area contributed by atoms with Gasteiger partial charge in [-0.3, -0.25) is 5.41 Å². The zero-order valence-corrected chi connectivity index (χ0v) is 13.4. The number of halogens is 1. The van der Waals surface area contributed by atoms with Crippen LogP contribution in [0.15, 0.2) is 27.6 Å². The standard InChI is InChI=1S/C13H15BrN4S/c1-7-12(14)8(2)18(17-7)9-5-4-6-10(19-3)11(9)13(15)16/h4-6H,1-3H3,(H3,15,16). The van der Waals surface area contributed by atoms with Gasteiger partial charge in [0.15, 0.2) is 0 Å². The van der Waals surface area contributed by atoms with Crippen LogP contribution in [0.1, 0.15) is 17.0 Å². The first kappa shape index (κ1) is 14.1. The van der Waals surface area contributed by atoms with Gasteiger partial charge < -0.3 is 5.73 Å². The Morgan fingerprint density at radius 3 is 2.58 bits per heavy atom. The van der Waals surface area contributed by atoms with Gasteiger partial charge in [-0.25, -0.2) is 4.68 Å². The Kier molecular flexibility index (Phi) is 4.01. The first-order valence-electron chi connectivity index (χ1n) is 5.70. The van der Waals surface area contributed by atoms with Crippen LogP contribution in [0, 0.1) is 19.3 Å². The maximum atomic E-state index is 7.81. The molecular formula is C13H15BrN4S. The molecule has 2 aromatic rings. The van der Waals surface area contributed by atoms with Gasteiger partial charge in [0, 0.05) is 4.90 Å². The van der Waals surface area contributed by atoms with Crippen LogP contribution in [0.4, 0.5) is 0 Å². The van der Waals surface area contributed by atoms with Crippen molar-refractivity contribution in [1.29, 1.82) is 5.41 Å². The second kappa shape index (κ2) is 5.38. The third-order valence-corrected chi connectivity index (χ3v) is 4.85. The summed E-state index contributed by atoms with van der Waals surface area (Å²) in [6.07, 6.45) is 1.97. The number of nitrogens with zero attached hydrogens (tertiary/aromatic N) is 2. The van der Waals surface area contributed by atoms with Gasteiger partial charge in [0.05, 0.1) is 27.1 Å². The number of aromatic nitrogens is 2. The van der Waals surface area contributed by atoms with Crippen molar-refractivity contribution >= 4 is 33.5 Å². The topological polar surface area (TPSA) is 67.7 Å². The van der Waals surface area contributed by atoms with Gasteiger partial charge in [0.2, 0.25) is 0 Å². The monoisotopic (exact) mass is 338 g/mol. The molecule has 0 radical (unpaired) electrons. The molecule has 19 heavy (non-hydrogen) atoms. The third-order valence-electron chi connectivity index (χ3n) is 2.92. The summed E-state index contributed by atoms with van der Waals surface area (Å²) in [7, 11) is 0. The normalized spacial score (nSPS) is 10.7. The van der Waals surface area contributed by atoms with E-state index < -0.39 is 0 Å². The summed E-state index contributed by atoms with van der Waals surface area (Å²) in [6.45, 7) is 3.93. The van der Waals surface area contributed by atoms with Crippen molar-refractivity contribution in [2.45, 2.75) is 18.7 Å². The fourth-order valence-electron chi connectivity index (χ4n) is 2.00. The fraction of sp³-hybridized carbons (Fsp3) is 0.231. The van der Waals surface area contributed by atoms with Crippen molar-refractivity contribution in [3.63, 3.8) is 0 Å². The lowest BCUT2D eigenvalue weighted by atomic mass is 10.1. The molecule has 0 amide bonds. The predicted molar refractivity (Wildman–Crippen MR) is 83.5 cm³/mol. The van der Waals surface area contributed by atoms with Crippen molar-refractivity contribution in [2.24, 2.45) is 5.73 Å². The van der Waals surface area contributed by atoms with E-state index in [2.05, 4.69) is 21.0 Å². The number of benzene rings is 1. The highest BCUT2D eigenvalue weighted by Crippen LogP contribution is 2.29. The molecule has 1 aromatic carbocycles. The second-order valence-electron chi connectivity index (χ2n) is 4.16. The van der Waals surface area contributed by atoms with Crippen molar-refractivity contribution in [1.82, 2.24) is 9.78 Å². The largest absolute Gasteiger partial charge is 0.384 e. The highest BCUT2D eigenvalue weighted by atomic mass is 79.9. The molecule has 6 heteroatoms. The molecule has 3 N–H and O–H groups in total. The van der Waals surface area contributed by atoms with Crippen LogP contribution in [-0.2, 0) is 0 Å². The Bertz CT molecular complexity index is 648. The summed E-state index contributed by atoms with van der Waals surface area (Å²) in [5.41, 5.74) is 9.23. The molecule has 0 atom stereocenters. The van der Waals surface area contributed by atoms with Crippen LogP contribution >= 0.6 is 27.7 Å². The molecule has 0 saturated carbocycles. The van der Waals surface area contributed by atoms with E-state index in [-0.39, 0.29) is 5.84 Å². The minimum atomic E-state index is 0.0589. The third kappa shape index (κ3) is 2.42. The van der Waals surface area contributed by atoms with E-state index in [1.807, 2.05) is 43.0 Å². The maximum absolute atomic E-state index is 7.81. The molecule has 1 heterocycles. The van der Waals surface area contributed by atoms with Crippen LogP contribution in [0.25, 0.3) is 5.69 Å². The van der Waals surface area contributed by atoms with E-state index in [0.29, 0.717) is 0 Å². The molecule has 0 bridgehead atoms. The molecule has 0 saturated heterocycles. The average Bonchev–Trinajstić information content (AvgIpc) is 2.65. The summed E-state index contributed by atoms with van der Waals surface area (Å²) in [5, 5.41) is 12.3. The Hall–Kier alpha value is -1.27. The molecule has 0 aliphatic rings. The molecule has 2 rings (SSSR count). The lowest BCUT2D eigenvalue weighted by molar-refractivity contribution is 0.828. The molecule has 0 spiro atoms. The molecule has 0 aliphatic carbocycles. The quantitative estimate of drug-likeness (QED) is 0.512. The lowest BCUT2D eigenvalue weighted by Gasteiger charge is -2.13. The number of nitrogens with one attached hydrogen (secondary N) is 1. The van der Waals surface area contributed by atoms with Gasteiger partial charge in [-0.15, -0.1) is 11.8 Å². The molecular weight excluding hydrogens is 324 g/mol. The number of rotatable bonds is 3. The minimum Gasteiger partial charge on any atom is -0.384 e. The van der Waals surface area contributed by atoms with Crippen molar-refractivity contribution in [3.05, 3.63) is 39.6 Å². The average molecular weight is 339 g/mol. The molecule has 1 aromatic heterocycles. The highest BCUT2D eigenvalue weighted by molar-refractivity contribution is 9.10. The Balaban J connectivity index is 2.75. The number of aryl methyl sites for hydroxylation is 1. The van der Waals surface area contributed by atoms with Crippen LogP contribution in [0.2, 0.25) is 0 Å². The van der Waals surface area contributed by atoms with Crippen molar-refractivity contribution in [3.8, 4) is 5.69 Å². The summed E-state index contributed by atoms with van der Waals surface area (Å²) in [4.78, 5) is 0.980. The Morgan fingerprint density at radius 2 is 2.11 bits per heavy atom. The Morgan fingerprint density at radius 1 is 1.42 bits per heavy atom. The minimum absolute atomic E-state index is 0.0589. The van der Waals surface area contributed by atoms with Gasteiger partial charge in [0.25, 0.3) is 0 Å². The summed E-state index contributed by atoms with van der Waals surface area (Å²) >= 11 is 5.10. The smallest absolute Gasteiger partial charge is 0.126 e. The molecule has 100 valence electrons. The van der Waals surface area contributed by atoms with E-state index in [1.54, 1.807) is 11.8 Å². The molecule has 0 fully saturated rings. The van der Waals surface area contributed by atoms with E-state index in [9.17, 15) is 0 Å².